The lowest BCUT2D eigenvalue weighted by Crippen LogP contribution is -2.64. The quantitative estimate of drug-likeness (QED) is 0.0158. The second-order valence-corrected chi connectivity index (χ2v) is 20.0. The lowest BCUT2D eigenvalue weighted by Gasteiger charge is -2.41. The van der Waals surface area contributed by atoms with Crippen LogP contribution in [0.25, 0.3) is 0 Å². The smallest absolute Gasteiger partial charge is 0.393 e. The van der Waals surface area contributed by atoms with Crippen molar-refractivity contribution < 1.29 is 59.0 Å². The zero-order valence-corrected chi connectivity index (χ0v) is 41.5. The number of aliphatic hydroxyl groups excluding tert-OH is 7. The first-order chi connectivity index (χ1) is 31.3. The van der Waals surface area contributed by atoms with E-state index in [-0.39, 0.29) is 6.42 Å². The maximum absolute atomic E-state index is 13.0. The molecule has 0 aromatic rings. The van der Waals surface area contributed by atoms with Crippen molar-refractivity contribution in [1.29, 1.82) is 0 Å². The highest BCUT2D eigenvalue weighted by molar-refractivity contribution is 7.47. The van der Waals surface area contributed by atoms with Gasteiger partial charge in [0.25, 0.3) is 0 Å². The molecule has 9 N–H and O–H groups in total. The third-order valence-corrected chi connectivity index (χ3v) is 13.4. The number of rotatable bonds is 43. The van der Waals surface area contributed by atoms with Crippen LogP contribution in [0.2, 0.25) is 0 Å². The van der Waals surface area contributed by atoms with Gasteiger partial charge in [-0.3, -0.25) is 13.8 Å². The van der Waals surface area contributed by atoms with Crippen LogP contribution in [0.3, 0.4) is 0 Å². The molecule has 0 aromatic carbocycles. The second-order valence-electron chi connectivity index (χ2n) is 18.5. The average Bonchev–Trinajstić information content (AvgIpc) is 3.28. The number of hydrogen-bond donors (Lipinski definition) is 9. The van der Waals surface area contributed by atoms with Gasteiger partial charge in [-0.2, -0.15) is 0 Å². The molecule has 1 fully saturated rings. The summed E-state index contributed by atoms with van der Waals surface area (Å²) < 4.78 is 22.9. The number of phosphoric acid groups is 1. The molecular weight excluding hydrogens is 850 g/mol. The van der Waals surface area contributed by atoms with E-state index in [0.29, 0.717) is 12.8 Å². The Morgan fingerprint density at radius 1 is 0.538 bits per heavy atom. The number of phosphoric ester groups is 1. The third kappa shape index (κ3) is 32.1. The molecule has 8 atom stereocenters. The van der Waals surface area contributed by atoms with Crippen LogP contribution in [-0.4, -0.2) is 108 Å². The van der Waals surface area contributed by atoms with Gasteiger partial charge in [0.15, 0.2) is 0 Å². The molecule has 8 unspecified atom stereocenters. The Labute approximate surface area is 394 Å². The average molecular weight is 946 g/mol. The van der Waals surface area contributed by atoms with Crippen LogP contribution in [0.1, 0.15) is 219 Å². The molecule has 65 heavy (non-hydrogen) atoms. The molecule has 0 radical (unpaired) electrons. The number of hydrogen-bond acceptors (Lipinski definition) is 11. The topological polar surface area (TPSA) is 226 Å². The van der Waals surface area contributed by atoms with Crippen molar-refractivity contribution in [2.75, 3.05) is 6.61 Å². The molecule has 382 valence electrons. The van der Waals surface area contributed by atoms with Crippen LogP contribution in [0.4, 0.5) is 0 Å². The van der Waals surface area contributed by atoms with Crippen molar-refractivity contribution in [3.8, 4) is 0 Å². The Kier molecular flexibility index (Phi) is 38.3. The first kappa shape index (κ1) is 61.5. The molecule has 0 spiro atoms. The van der Waals surface area contributed by atoms with Gasteiger partial charge in [-0.1, -0.05) is 192 Å². The van der Waals surface area contributed by atoms with E-state index in [2.05, 4.69) is 43.5 Å². The number of carbonyl (C=O) groups is 1. The summed E-state index contributed by atoms with van der Waals surface area (Å²) in [6.45, 7) is 3.75. The van der Waals surface area contributed by atoms with E-state index in [1.54, 1.807) is 6.08 Å². The molecule has 0 aromatic heterocycles. The van der Waals surface area contributed by atoms with Gasteiger partial charge in [-0.15, -0.1) is 0 Å². The Hall–Kier alpha value is -1.48. The maximum Gasteiger partial charge on any atom is 0.472 e. The zero-order chi connectivity index (χ0) is 48.0. The molecular formula is C51H96NO12P. The van der Waals surface area contributed by atoms with Crippen LogP contribution in [0.5, 0.6) is 0 Å². The van der Waals surface area contributed by atoms with Gasteiger partial charge in [0.1, 0.15) is 36.6 Å². The Balaban J connectivity index is 2.51. The highest BCUT2D eigenvalue weighted by Gasteiger charge is 2.51. The van der Waals surface area contributed by atoms with Crippen LogP contribution in [-0.2, 0) is 18.4 Å². The standard InChI is InChI=1S/C51H96NO12P/c1-3-5-7-9-11-13-15-17-19-21-23-24-26-28-30-32-34-36-38-42(53)40-45(55)52-43(41-63-65(61,62)64-51-49(59)47(57)46(56)48(58)50(51)60)44(54)39-37-35-33-31-29-27-25-22-20-18-16-14-12-10-8-6-4-2/h23-24,29,31,37,39,42-44,46-51,53-54,56-60H,3-22,25-28,30,32-36,38,40-41H2,1-2H3,(H,52,55)(H,61,62)/b24-23-,31-29+,39-37+. The highest BCUT2D eigenvalue weighted by atomic mass is 31.2. The zero-order valence-electron chi connectivity index (χ0n) is 40.7. The fourth-order valence-electron chi connectivity index (χ4n) is 8.19. The number of nitrogens with one attached hydrogen (secondary N) is 1. The van der Waals surface area contributed by atoms with Gasteiger partial charge in [0.05, 0.1) is 31.3 Å². The lowest BCUT2D eigenvalue weighted by molar-refractivity contribution is -0.220. The molecule has 0 bridgehead atoms. The third-order valence-electron chi connectivity index (χ3n) is 12.4. The number of aliphatic hydroxyl groups is 7. The lowest BCUT2D eigenvalue weighted by atomic mass is 9.85. The minimum absolute atomic E-state index is 0.257. The van der Waals surface area contributed by atoms with E-state index in [1.165, 1.54) is 128 Å². The van der Waals surface area contributed by atoms with Crippen LogP contribution < -0.4 is 5.32 Å². The van der Waals surface area contributed by atoms with E-state index >= 15 is 0 Å². The van der Waals surface area contributed by atoms with E-state index in [1.807, 2.05) is 0 Å². The molecule has 1 rings (SSSR count). The molecule has 0 saturated heterocycles. The minimum Gasteiger partial charge on any atom is -0.393 e. The predicted octanol–water partition coefficient (Wildman–Crippen LogP) is 9.70. The first-order valence-corrected chi connectivity index (χ1v) is 27.5. The van der Waals surface area contributed by atoms with Crippen molar-refractivity contribution in [1.82, 2.24) is 5.32 Å². The monoisotopic (exact) mass is 946 g/mol. The molecule has 1 aliphatic rings. The molecule has 1 saturated carbocycles. The van der Waals surface area contributed by atoms with E-state index in [9.17, 15) is 50.0 Å². The molecule has 0 aliphatic heterocycles. The van der Waals surface area contributed by atoms with Crippen LogP contribution >= 0.6 is 7.82 Å². The number of unbranched alkanes of at least 4 members (excludes halogenated alkanes) is 26. The van der Waals surface area contributed by atoms with E-state index in [0.717, 1.165) is 64.2 Å². The van der Waals surface area contributed by atoms with Gasteiger partial charge in [0.2, 0.25) is 5.91 Å². The molecule has 0 heterocycles. The summed E-state index contributed by atoms with van der Waals surface area (Å²) in [7, 11) is -5.15. The maximum atomic E-state index is 13.0. The summed E-state index contributed by atoms with van der Waals surface area (Å²) in [6.07, 6.45) is 33.7. The van der Waals surface area contributed by atoms with Crippen molar-refractivity contribution >= 4 is 13.7 Å². The van der Waals surface area contributed by atoms with Crippen molar-refractivity contribution in [2.24, 2.45) is 0 Å². The Bertz CT molecular complexity index is 1250. The summed E-state index contributed by atoms with van der Waals surface area (Å²) in [5.74, 6) is -0.606. The van der Waals surface area contributed by atoms with E-state index < -0.39 is 75.2 Å². The van der Waals surface area contributed by atoms with Gasteiger partial charge in [-0.25, -0.2) is 4.57 Å². The molecule has 1 amide bonds. The van der Waals surface area contributed by atoms with Crippen LogP contribution in [0.15, 0.2) is 36.5 Å². The minimum atomic E-state index is -5.15. The van der Waals surface area contributed by atoms with Gasteiger partial charge < -0.3 is 46.0 Å². The normalized spacial score (nSPS) is 22.8. The fourth-order valence-corrected chi connectivity index (χ4v) is 9.16. The Morgan fingerprint density at radius 2 is 0.908 bits per heavy atom. The Morgan fingerprint density at radius 3 is 1.35 bits per heavy atom. The first-order valence-electron chi connectivity index (χ1n) is 26.0. The van der Waals surface area contributed by atoms with Crippen LogP contribution in [0, 0.1) is 0 Å². The van der Waals surface area contributed by atoms with Gasteiger partial charge >= 0.3 is 7.82 Å². The summed E-state index contributed by atoms with van der Waals surface area (Å²) in [4.78, 5) is 23.5. The van der Waals surface area contributed by atoms with Crippen molar-refractivity contribution in [3.05, 3.63) is 36.5 Å². The fraction of sp³-hybridized carbons (Fsp3) is 0.863. The summed E-state index contributed by atoms with van der Waals surface area (Å²) in [5.41, 5.74) is 0. The summed E-state index contributed by atoms with van der Waals surface area (Å²) >= 11 is 0. The highest BCUT2D eigenvalue weighted by Crippen LogP contribution is 2.47. The molecule has 1 aliphatic carbocycles. The summed E-state index contributed by atoms with van der Waals surface area (Å²) in [6, 6.07) is -1.26. The second kappa shape index (κ2) is 40.4. The molecule has 14 heteroatoms. The van der Waals surface area contributed by atoms with Crippen molar-refractivity contribution in [2.45, 2.75) is 274 Å². The summed E-state index contributed by atoms with van der Waals surface area (Å²) in [5, 5.41) is 74.6. The molecule has 13 nitrogen and oxygen atoms in total. The SMILES string of the molecule is CCCCCCCCCCC/C=C\CCCCCCCC(O)CC(=O)NC(COP(=O)(O)OC1C(O)C(O)C(O)C(O)C1O)C(O)/C=C/CC/C=C/CCCCCCCCCCCCC. The number of allylic oxidation sites excluding steroid dienone is 5. The predicted molar refractivity (Wildman–Crippen MR) is 261 cm³/mol. The van der Waals surface area contributed by atoms with Gasteiger partial charge in [0, 0.05) is 0 Å². The number of amides is 1. The number of carbonyl (C=O) groups excluding carboxylic acids is 1. The van der Waals surface area contributed by atoms with E-state index in [4.69, 9.17) is 9.05 Å². The van der Waals surface area contributed by atoms with Crippen molar-refractivity contribution in [3.63, 3.8) is 0 Å². The largest absolute Gasteiger partial charge is 0.472 e. The van der Waals surface area contributed by atoms with Gasteiger partial charge in [-0.05, 0) is 57.8 Å².